The molecule has 1 aliphatic carbocycles. The third-order valence-corrected chi connectivity index (χ3v) is 4.71. The highest BCUT2D eigenvalue weighted by atomic mass is 16.5. The molecule has 1 aromatic carbocycles. The van der Waals surface area contributed by atoms with Crippen LogP contribution in [0.4, 0.5) is 0 Å². The standard InChI is InChI=1S/C17H23NO3/c1-4-12-7-8-17(10-12,11-18)16(19)14-6-5-13(20-2)9-15(14)21-3/h5-6,9,12,16,19H,4,7-8,10H2,1-3H3. The molecule has 0 saturated heterocycles. The predicted octanol–water partition coefficient (Wildman–Crippen LogP) is 3.46. The van der Waals surface area contributed by atoms with E-state index in [0.29, 0.717) is 23.0 Å². The van der Waals surface area contributed by atoms with E-state index in [1.54, 1.807) is 32.4 Å². The number of hydrogen-bond acceptors (Lipinski definition) is 4. The summed E-state index contributed by atoms with van der Waals surface area (Å²) in [6.07, 6.45) is 2.70. The van der Waals surface area contributed by atoms with Crippen LogP contribution >= 0.6 is 0 Å². The Morgan fingerprint density at radius 2 is 2.19 bits per heavy atom. The number of nitriles is 1. The van der Waals surface area contributed by atoms with E-state index in [0.717, 1.165) is 25.7 Å². The second kappa shape index (κ2) is 6.36. The average molecular weight is 289 g/mol. The highest BCUT2D eigenvalue weighted by molar-refractivity contribution is 5.43. The van der Waals surface area contributed by atoms with Crippen molar-refractivity contribution >= 4 is 0 Å². The summed E-state index contributed by atoms with van der Waals surface area (Å²) < 4.78 is 10.5. The van der Waals surface area contributed by atoms with Crippen molar-refractivity contribution < 1.29 is 14.6 Å². The highest BCUT2D eigenvalue weighted by Crippen LogP contribution is 2.52. The van der Waals surface area contributed by atoms with Gasteiger partial charge in [-0.3, -0.25) is 0 Å². The van der Waals surface area contributed by atoms with E-state index in [-0.39, 0.29) is 0 Å². The summed E-state index contributed by atoms with van der Waals surface area (Å²) in [6.45, 7) is 2.14. The molecule has 0 heterocycles. The van der Waals surface area contributed by atoms with Gasteiger partial charge in [-0.15, -0.1) is 0 Å². The molecule has 21 heavy (non-hydrogen) atoms. The highest BCUT2D eigenvalue weighted by Gasteiger charge is 2.46. The van der Waals surface area contributed by atoms with Crippen molar-refractivity contribution in [2.45, 2.75) is 38.7 Å². The van der Waals surface area contributed by atoms with Crippen molar-refractivity contribution in [2.75, 3.05) is 14.2 Å². The Kier molecular flexibility index (Phi) is 4.74. The SMILES string of the molecule is CCC1CCC(C#N)(C(O)c2ccc(OC)cc2OC)C1. The van der Waals surface area contributed by atoms with E-state index < -0.39 is 11.5 Å². The topological polar surface area (TPSA) is 62.5 Å². The van der Waals surface area contributed by atoms with Crippen molar-refractivity contribution in [3.8, 4) is 17.6 Å². The Bertz CT molecular complexity index is 537. The van der Waals surface area contributed by atoms with Crippen LogP contribution in [-0.2, 0) is 0 Å². The van der Waals surface area contributed by atoms with Crippen LogP contribution in [0.5, 0.6) is 11.5 Å². The number of ether oxygens (including phenoxy) is 2. The molecule has 1 aromatic rings. The third-order valence-electron chi connectivity index (χ3n) is 4.71. The fourth-order valence-electron chi connectivity index (χ4n) is 3.28. The second-order valence-electron chi connectivity index (χ2n) is 5.80. The van der Waals surface area contributed by atoms with Crippen molar-refractivity contribution in [1.82, 2.24) is 0 Å². The van der Waals surface area contributed by atoms with Crippen LogP contribution in [-0.4, -0.2) is 19.3 Å². The van der Waals surface area contributed by atoms with Gasteiger partial charge in [-0.05, 0) is 37.3 Å². The van der Waals surface area contributed by atoms with Crippen LogP contribution in [0.15, 0.2) is 18.2 Å². The maximum Gasteiger partial charge on any atom is 0.128 e. The van der Waals surface area contributed by atoms with E-state index in [4.69, 9.17) is 9.47 Å². The molecule has 1 fully saturated rings. The Hall–Kier alpha value is -1.73. The van der Waals surface area contributed by atoms with E-state index >= 15 is 0 Å². The van der Waals surface area contributed by atoms with Crippen LogP contribution in [0.3, 0.4) is 0 Å². The van der Waals surface area contributed by atoms with E-state index in [1.165, 1.54) is 0 Å². The molecule has 1 aliphatic rings. The second-order valence-corrected chi connectivity index (χ2v) is 5.80. The number of methoxy groups -OCH3 is 2. The predicted molar refractivity (Wildman–Crippen MR) is 80.2 cm³/mol. The van der Waals surface area contributed by atoms with Crippen molar-refractivity contribution in [3.05, 3.63) is 23.8 Å². The minimum absolute atomic E-state index is 0.517. The van der Waals surface area contributed by atoms with Gasteiger partial charge in [0, 0.05) is 11.6 Å². The summed E-state index contributed by atoms with van der Waals surface area (Å²) in [6, 6.07) is 7.71. The molecule has 4 heteroatoms. The number of aliphatic hydroxyl groups is 1. The van der Waals surface area contributed by atoms with Crippen LogP contribution < -0.4 is 9.47 Å². The smallest absolute Gasteiger partial charge is 0.128 e. The lowest BCUT2D eigenvalue weighted by Gasteiger charge is -2.29. The Balaban J connectivity index is 2.35. The van der Waals surface area contributed by atoms with Crippen LogP contribution in [0.2, 0.25) is 0 Å². The first-order valence-corrected chi connectivity index (χ1v) is 7.41. The molecule has 4 nitrogen and oxygen atoms in total. The van der Waals surface area contributed by atoms with Crippen molar-refractivity contribution in [3.63, 3.8) is 0 Å². The van der Waals surface area contributed by atoms with E-state index in [9.17, 15) is 10.4 Å². The first-order valence-electron chi connectivity index (χ1n) is 7.41. The number of hydrogen-bond donors (Lipinski definition) is 1. The Morgan fingerprint density at radius 1 is 1.43 bits per heavy atom. The monoisotopic (exact) mass is 289 g/mol. The normalized spacial score (nSPS) is 26.1. The third kappa shape index (κ3) is 2.84. The zero-order valence-corrected chi connectivity index (χ0v) is 12.9. The van der Waals surface area contributed by atoms with Gasteiger partial charge in [-0.25, -0.2) is 0 Å². The van der Waals surface area contributed by atoms with Gasteiger partial charge in [0.1, 0.15) is 17.6 Å². The number of benzene rings is 1. The molecule has 3 unspecified atom stereocenters. The summed E-state index contributed by atoms with van der Waals surface area (Å²) >= 11 is 0. The minimum Gasteiger partial charge on any atom is -0.497 e. The molecule has 2 rings (SSSR count). The molecule has 0 spiro atoms. The molecular weight excluding hydrogens is 266 g/mol. The van der Waals surface area contributed by atoms with E-state index in [1.807, 2.05) is 0 Å². The van der Waals surface area contributed by atoms with Crippen LogP contribution in [0.25, 0.3) is 0 Å². The van der Waals surface area contributed by atoms with Gasteiger partial charge in [0.15, 0.2) is 0 Å². The summed E-state index contributed by atoms with van der Waals surface area (Å²) in [7, 11) is 3.15. The largest absolute Gasteiger partial charge is 0.497 e. The molecule has 1 saturated carbocycles. The lowest BCUT2D eigenvalue weighted by Crippen LogP contribution is -2.25. The van der Waals surface area contributed by atoms with Crippen LogP contribution in [0.1, 0.15) is 44.3 Å². The first-order chi connectivity index (χ1) is 10.1. The van der Waals surface area contributed by atoms with Crippen molar-refractivity contribution in [1.29, 1.82) is 5.26 Å². The molecule has 1 N–H and O–H groups in total. The molecule has 0 radical (unpaired) electrons. The number of nitrogens with zero attached hydrogens (tertiary/aromatic N) is 1. The molecule has 0 aromatic heterocycles. The molecular formula is C17H23NO3. The van der Waals surface area contributed by atoms with Gasteiger partial charge < -0.3 is 14.6 Å². The summed E-state index contributed by atoms with van der Waals surface area (Å²) in [5.74, 6) is 1.76. The Labute approximate surface area is 126 Å². The maximum absolute atomic E-state index is 10.8. The molecule has 0 aliphatic heterocycles. The maximum atomic E-state index is 10.8. The van der Waals surface area contributed by atoms with Gasteiger partial charge in [0.2, 0.25) is 0 Å². The van der Waals surface area contributed by atoms with E-state index in [2.05, 4.69) is 13.0 Å². The molecule has 0 bridgehead atoms. The first kappa shape index (κ1) is 15.7. The summed E-state index contributed by atoms with van der Waals surface area (Å²) in [5, 5.41) is 20.5. The lowest BCUT2D eigenvalue weighted by molar-refractivity contribution is 0.0618. The molecule has 114 valence electrons. The number of rotatable bonds is 5. The number of aliphatic hydroxyl groups excluding tert-OH is 1. The van der Waals surface area contributed by atoms with Gasteiger partial charge in [0.05, 0.1) is 25.7 Å². The van der Waals surface area contributed by atoms with Gasteiger partial charge in [-0.2, -0.15) is 5.26 Å². The minimum atomic E-state index is -0.833. The molecule has 3 atom stereocenters. The summed E-state index contributed by atoms with van der Waals surface area (Å²) in [4.78, 5) is 0. The fraction of sp³-hybridized carbons (Fsp3) is 0.588. The summed E-state index contributed by atoms with van der Waals surface area (Å²) in [5.41, 5.74) is -0.0423. The van der Waals surface area contributed by atoms with Gasteiger partial charge in [-0.1, -0.05) is 13.3 Å². The quantitative estimate of drug-likeness (QED) is 0.901. The average Bonchev–Trinajstić information content (AvgIpc) is 2.98. The van der Waals surface area contributed by atoms with Crippen LogP contribution in [0, 0.1) is 22.7 Å². The lowest BCUT2D eigenvalue weighted by atomic mass is 9.77. The van der Waals surface area contributed by atoms with Crippen molar-refractivity contribution in [2.24, 2.45) is 11.3 Å². The molecule has 0 amide bonds. The zero-order chi connectivity index (χ0) is 15.5. The van der Waals surface area contributed by atoms with Gasteiger partial charge in [0.25, 0.3) is 0 Å². The zero-order valence-electron chi connectivity index (χ0n) is 12.9. The fourth-order valence-corrected chi connectivity index (χ4v) is 3.28. The Morgan fingerprint density at radius 3 is 2.71 bits per heavy atom. The van der Waals surface area contributed by atoms with Gasteiger partial charge >= 0.3 is 0 Å².